The van der Waals surface area contributed by atoms with Crippen molar-refractivity contribution in [3.8, 4) is 5.75 Å². The quantitative estimate of drug-likeness (QED) is 0.703. The number of halogens is 1. The van der Waals surface area contributed by atoms with Crippen LogP contribution in [0.3, 0.4) is 0 Å². The van der Waals surface area contributed by atoms with Crippen molar-refractivity contribution in [3.63, 3.8) is 0 Å². The summed E-state index contributed by atoms with van der Waals surface area (Å²) in [4.78, 5) is 10.2. The Morgan fingerprint density at radius 3 is 2.31 bits per heavy atom. The maximum absolute atomic E-state index is 13.9. The molecule has 0 spiro atoms. The first-order chi connectivity index (χ1) is 12.0. The highest BCUT2D eigenvalue weighted by Gasteiger charge is 2.24. The molecule has 2 rings (SSSR count). The fourth-order valence-electron chi connectivity index (χ4n) is 2.03. The maximum atomic E-state index is 13.9. The smallest absolute Gasteiger partial charge is 0.335 e. The number of carbonyl (C=O) groups is 1. The van der Waals surface area contributed by atoms with Crippen LogP contribution in [-0.4, -0.2) is 41.3 Å². The molecule has 0 atom stereocenters. The molecule has 11 heteroatoms. The third-order valence-corrected chi connectivity index (χ3v) is 5.81. The van der Waals surface area contributed by atoms with Gasteiger partial charge in [0.15, 0.2) is 9.84 Å². The molecule has 26 heavy (non-hydrogen) atoms. The van der Waals surface area contributed by atoms with E-state index in [0.717, 1.165) is 42.7 Å². The Kier molecular flexibility index (Phi) is 5.23. The number of ether oxygens (including phenoxy) is 1. The summed E-state index contributed by atoms with van der Waals surface area (Å²) in [6.45, 7) is 0. The van der Waals surface area contributed by atoms with Gasteiger partial charge >= 0.3 is 5.97 Å². The van der Waals surface area contributed by atoms with Gasteiger partial charge in [-0.05, 0) is 36.4 Å². The summed E-state index contributed by atoms with van der Waals surface area (Å²) in [5, 5.41) is 9.02. The average Bonchev–Trinajstić information content (AvgIpc) is 2.55. The van der Waals surface area contributed by atoms with Crippen LogP contribution in [0.4, 0.5) is 10.1 Å². The van der Waals surface area contributed by atoms with Gasteiger partial charge in [-0.1, -0.05) is 0 Å². The second kappa shape index (κ2) is 6.92. The van der Waals surface area contributed by atoms with Gasteiger partial charge in [-0.2, -0.15) is 0 Å². The van der Waals surface area contributed by atoms with Crippen molar-refractivity contribution in [1.82, 2.24) is 0 Å². The number of aromatic carboxylic acids is 1. The molecular weight excluding hydrogens is 389 g/mol. The Hall–Kier alpha value is -2.66. The topological polar surface area (TPSA) is 127 Å². The highest BCUT2D eigenvalue weighted by molar-refractivity contribution is 7.93. The summed E-state index contributed by atoms with van der Waals surface area (Å²) in [5.74, 6) is -2.54. The van der Waals surface area contributed by atoms with E-state index in [9.17, 15) is 26.0 Å². The molecule has 140 valence electrons. The number of hydrogen-bond acceptors (Lipinski definition) is 6. The molecule has 2 aromatic carbocycles. The molecule has 0 heterocycles. The molecule has 0 unspecified atom stereocenters. The van der Waals surface area contributed by atoms with Gasteiger partial charge in [0.05, 0.1) is 23.3 Å². The number of nitrogens with one attached hydrogen (secondary N) is 1. The molecule has 0 radical (unpaired) electrons. The summed E-state index contributed by atoms with van der Waals surface area (Å²) >= 11 is 0. The van der Waals surface area contributed by atoms with Crippen LogP contribution in [-0.2, 0) is 19.9 Å². The SMILES string of the molecule is COc1ccc(C(=O)O)cc1S(=O)(=O)Nc1cc(S(C)(=O)=O)ccc1F. The molecule has 2 aromatic rings. The third-order valence-electron chi connectivity index (χ3n) is 3.31. The van der Waals surface area contributed by atoms with Crippen LogP contribution >= 0.6 is 0 Å². The second-order valence-electron chi connectivity index (χ2n) is 5.19. The van der Waals surface area contributed by atoms with Crippen molar-refractivity contribution < 1.29 is 35.9 Å². The molecule has 0 fully saturated rings. The minimum atomic E-state index is -4.47. The lowest BCUT2D eigenvalue weighted by molar-refractivity contribution is 0.0696. The minimum absolute atomic E-state index is 0.165. The fourth-order valence-corrected chi connectivity index (χ4v) is 3.93. The van der Waals surface area contributed by atoms with Gasteiger partial charge in [0, 0.05) is 6.26 Å². The number of sulfonamides is 1. The molecule has 0 amide bonds. The summed E-state index contributed by atoms with van der Waals surface area (Å²) in [5.41, 5.74) is -0.924. The number of rotatable bonds is 6. The Balaban J connectivity index is 2.57. The summed E-state index contributed by atoms with van der Waals surface area (Å²) in [7, 11) is -6.99. The van der Waals surface area contributed by atoms with Crippen LogP contribution in [0.5, 0.6) is 5.75 Å². The first-order valence-corrected chi connectivity index (χ1v) is 10.3. The zero-order chi connectivity index (χ0) is 19.7. The van der Waals surface area contributed by atoms with Crippen molar-refractivity contribution in [2.24, 2.45) is 0 Å². The van der Waals surface area contributed by atoms with Crippen molar-refractivity contribution in [3.05, 3.63) is 47.8 Å². The second-order valence-corrected chi connectivity index (χ2v) is 8.86. The van der Waals surface area contributed by atoms with Gasteiger partial charge in [-0.15, -0.1) is 0 Å². The van der Waals surface area contributed by atoms with E-state index in [1.54, 1.807) is 0 Å². The predicted octanol–water partition coefficient (Wildman–Crippen LogP) is 1.74. The number of hydrogen-bond donors (Lipinski definition) is 2. The fraction of sp³-hybridized carbons (Fsp3) is 0.133. The van der Waals surface area contributed by atoms with E-state index in [1.165, 1.54) is 7.11 Å². The van der Waals surface area contributed by atoms with E-state index in [1.807, 2.05) is 4.72 Å². The molecule has 0 aliphatic heterocycles. The first kappa shape index (κ1) is 19.7. The standard InChI is InChI=1S/C15H14FNO7S2/c1-24-13-6-3-9(15(18)19)7-14(13)26(22,23)17-12-8-10(25(2,20)21)4-5-11(12)16/h3-8,17H,1-2H3,(H,18,19). The zero-order valence-electron chi connectivity index (χ0n) is 13.6. The number of methoxy groups -OCH3 is 1. The lowest BCUT2D eigenvalue weighted by Crippen LogP contribution is -2.16. The lowest BCUT2D eigenvalue weighted by atomic mass is 10.2. The Bertz CT molecular complexity index is 1080. The molecular formula is C15H14FNO7S2. The number of anilines is 1. The van der Waals surface area contributed by atoms with Crippen molar-refractivity contribution in [2.45, 2.75) is 9.79 Å². The van der Waals surface area contributed by atoms with E-state index in [-0.39, 0.29) is 16.2 Å². The molecule has 2 N–H and O–H groups in total. The highest BCUT2D eigenvalue weighted by atomic mass is 32.2. The van der Waals surface area contributed by atoms with Gasteiger partial charge < -0.3 is 9.84 Å². The largest absolute Gasteiger partial charge is 0.495 e. The Morgan fingerprint density at radius 2 is 1.77 bits per heavy atom. The van der Waals surface area contributed by atoms with Gasteiger partial charge in [0.1, 0.15) is 16.5 Å². The third kappa shape index (κ3) is 4.11. The normalized spacial score (nSPS) is 11.8. The minimum Gasteiger partial charge on any atom is -0.495 e. The monoisotopic (exact) mass is 403 g/mol. The van der Waals surface area contributed by atoms with Crippen molar-refractivity contribution in [2.75, 3.05) is 18.1 Å². The number of carboxylic acids is 1. The Morgan fingerprint density at radius 1 is 1.12 bits per heavy atom. The first-order valence-electron chi connectivity index (χ1n) is 6.89. The number of carboxylic acid groups (broad SMARTS) is 1. The number of sulfone groups is 1. The van der Waals surface area contributed by atoms with Crippen LogP contribution in [0.2, 0.25) is 0 Å². The molecule has 0 bridgehead atoms. The van der Waals surface area contributed by atoms with Crippen LogP contribution in [0.25, 0.3) is 0 Å². The van der Waals surface area contributed by atoms with Gasteiger partial charge in [-0.3, -0.25) is 4.72 Å². The molecule has 0 aliphatic rings. The molecule has 0 saturated heterocycles. The summed E-state index contributed by atoms with van der Waals surface area (Å²) in [6, 6.07) is 5.76. The molecule has 0 aromatic heterocycles. The lowest BCUT2D eigenvalue weighted by Gasteiger charge is -2.13. The molecule has 0 saturated carbocycles. The van der Waals surface area contributed by atoms with Crippen molar-refractivity contribution >= 4 is 31.5 Å². The predicted molar refractivity (Wildman–Crippen MR) is 90.3 cm³/mol. The van der Waals surface area contributed by atoms with E-state index < -0.39 is 42.2 Å². The van der Waals surface area contributed by atoms with E-state index >= 15 is 0 Å². The number of benzene rings is 2. The Labute approximate surface area is 149 Å². The van der Waals surface area contributed by atoms with Crippen LogP contribution in [0.1, 0.15) is 10.4 Å². The van der Waals surface area contributed by atoms with Gasteiger partial charge in [-0.25, -0.2) is 26.0 Å². The summed E-state index contributed by atoms with van der Waals surface area (Å²) < 4.78 is 69.0. The maximum Gasteiger partial charge on any atom is 0.335 e. The molecule has 8 nitrogen and oxygen atoms in total. The van der Waals surface area contributed by atoms with Gasteiger partial charge in [0.25, 0.3) is 10.0 Å². The summed E-state index contributed by atoms with van der Waals surface area (Å²) in [6.07, 6.45) is 0.887. The van der Waals surface area contributed by atoms with E-state index in [2.05, 4.69) is 0 Å². The van der Waals surface area contributed by atoms with E-state index in [0.29, 0.717) is 0 Å². The van der Waals surface area contributed by atoms with E-state index in [4.69, 9.17) is 9.84 Å². The van der Waals surface area contributed by atoms with Crippen LogP contribution < -0.4 is 9.46 Å². The zero-order valence-corrected chi connectivity index (χ0v) is 15.2. The molecule has 0 aliphatic carbocycles. The van der Waals surface area contributed by atoms with Crippen molar-refractivity contribution in [1.29, 1.82) is 0 Å². The highest BCUT2D eigenvalue weighted by Crippen LogP contribution is 2.28. The van der Waals surface area contributed by atoms with Gasteiger partial charge in [0.2, 0.25) is 0 Å². The average molecular weight is 403 g/mol. The van der Waals surface area contributed by atoms with Crippen LogP contribution in [0.15, 0.2) is 46.2 Å². The van der Waals surface area contributed by atoms with Crippen LogP contribution in [0, 0.1) is 5.82 Å².